The lowest BCUT2D eigenvalue weighted by atomic mass is 9.93. The summed E-state index contributed by atoms with van der Waals surface area (Å²) in [5, 5.41) is 0. The van der Waals surface area contributed by atoms with Gasteiger partial charge in [0.15, 0.2) is 0 Å². The van der Waals surface area contributed by atoms with Gasteiger partial charge in [-0.05, 0) is 30.9 Å². The van der Waals surface area contributed by atoms with Crippen molar-refractivity contribution in [3.8, 4) is 0 Å². The number of hydrogen-bond donors (Lipinski definition) is 1. The monoisotopic (exact) mass is 175 g/mol. The molecule has 0 spiro atoms. The molecular formula is C12H17N. The van der Waals surface area contributed by atoms with Crippen molar-refractivity contribution < 1.29 is 0 Å². The first kappa shape index (κ1) is 10.0. The Hall–Kier alpha value is -1.08. The minimum Gasteiger partial charge on any atom is -0.330 e. The second kappa shape index (κ2) is 5.55. The minimum atomic E-state index is 0.545. The fourth-order valence-corrected chi connectivity index (χ4v) is 1.55. The molecule has 1 heteroatoms. The summed E-state index contributed by atoms with van der Waals surface area (Å²) < 4.78 is 0. The van der Waals surface area contributed by atoms with E-state index in [0.29, 0.717) is 5.92 Å². The van der Waals surface area contributed by atoms with Crippen LogP contribution in [-0.2, 0) is 0 Å². The first-order valence-electron chi connectivity index (χ1n) is 4.74. The predicted octanol–water partition coefficient (Wildman–Crippen LogP) is 2.70. The van der Waals surface area contributed by atoms with Gasteiger partial charge in [-0.2, -0.15) is 0 Å². The van der Waals surface area contributed by atoms with Crippen LogP contribution in [0, 0.1) is 0 Å². The largest absolute Gasteiger partial charge is 0.330 e. The molecule has 1 nitrogen and oxygen atoms in total. The molecule has 70 valence electrons. The Morgan fingerprint density at radius 2 is 2.00 bits per heavy atom. The van der Waals surface area contributed by atoms with Crippen molar-refractivity contribution in [3.63, 3.8) is 0 Å². The van der Waals surface area contributed by atoms with Crippen LogP contribution in [0.3, 0.4) is 0 Å². The number of benzene rings is 1. The molecule has 0 saturated carbocycles. The predicted molar refractivity (Wildman–Crippen MR) is 57.7 cm³/mol. The summed E-state index contributed by atoms with van der Waals surface area (Å²) in [6, 6.07) is 10.5. The smallest absolute Gasteiger partial charge is 0.00713 e. The fourth-order valence-electron chi connectivity index (χ4n) is 1.55. The van der Waals surface area contributed by atoms with Crippen LogP contribution in [0.1, 0.15) is 24.3 Å². The molecular weight excluding hydrogens is 158 g/mol. The first-order chi connectivity index (χ1) is 6.38. The molecule has 0 aliphatic heterocycles. The summed E-state index contributed by atoms with van der Waals surface area (Å²) in [4.78, 5) is 0. The van der Waals surface area contributed by atoms with Crippen molar-refractivity contribution in [2.24, 2.45) is 5.73 Å². The maximum atomic E-state index is 5.56. The SMILES string of the molecule is C=CCC(CCN)c1ccccc1. The average molecular weight is 175 g/mol. The average Bonchev–Trinajstić information content (AvgIpc) is 2.19. The Balaban J connectivity index is 2.69. The van der Waals surface area contributed by atoms with Crippen molar-refractivity contribution in [2.75, 3.05) is 6.54 Å². The van der Waals surface area contributed by atoms with Crippen LogP contribution < -0.4 is 5.73 Å². The van der Waals surface area contributed by atoms with Crippen LogP contribution in [0.15, 0.2) is 43.0 Å². The van der Waals surface area contributed by atoms with Gasteiger partial charge in [0.2, 0.25) is 0 Å². The molecule has 1 aromatic rings. The lowest BCUT2D eigenvalue weighted by molar-refractivity contribution is 0.642. The highest BCUT2D eigenvalue weighted by Gasteiger charge is 2.07. The van der Waals surface area contributed by atoms with Gasteiger partial charge in [0.1, 0.15) is 0 Å². The molecule has 0 fully saturated rings. The van der Waals surface area contributed by atoms with Crippen LogP contribution in [0.4, 0.5) is 0 Å². The highest BCUT2D eigenvalue weighted by atomic mass is 14.5. The molecule has 0 aromatic heterocycles. The fraction of sp³-hybridized carbons (Fsp3) is 0.333. The summed E-state index contributed by atoms with van der Waals surface area (Å²) in [5.41, 5.74) is 6.93. The molecule has 0 radical (unpaired) electrons. The van der Waals surface area contributed by atoms with E-state index in [1.165, 1.54) is 5.56 Å². The van der Waals surface area contributed by atoms with Gasteiger partial charge in [-0.1, -0.05) is 36.4 Å². The van der Waals surface area contributed by atoms with Crippen LogP contribution in [-0.4, -0.2) is 6.54 Å². The summed E-state index contributed by atoms with van der Waals surface area (Å²) >= 11 is 0. The number of allylic oxidation sites excluding steroid dienone is 1. The molecule has 0 aliphatic carbocycles. The van der Waals surface area contributed by atoms with Gasteiger partial charge in [-0.25, -0.2) is 0 Å². The third-order valence-corrected chi connectivity index (χ3v) is 2.24. The molecule has 1 atom stereocenters. The number of nitrogens with two attached hydrogens (primary N) is 1. The van der Waals surface area contributed by atoms with E-state index in [9.17, 15) is 0 Å². The van der Waals surface area contributed by atoms with Gasteiger partial charge in [-0.3, -0.25) is 0 Å². The lowest BCUT2D eigenvalue weighted by Gasteiger charge is -2.13. The quantitative estimate of drug-likeness (QED) is 0.684. The van der Waals surface area contributed by atoms with E-state index in [2.05, 4.69) is 30.8 Å². The van der Waals surface area contributed by atoms with Crippen molar-refractivity contribution >= 4 is 0 Å². The first-order valence-corrected chi connectivity index (χ1v) is 4.74. The molecule has 2 N–H and O–H groups in total. The van der Waals surface area contributed by atoms with E-state index in [-0.39, 0.29) is 0 Å². The Kier molecular flexibility index (Phi) is 4.27. The van der Waals surface area contributed by atoms with E-state index < -0.39 is 0 Å². The van der Waals surface area contributed by atoms with Crippen LogP contribution in [0.5, 0.6) is 0 Å². The lowest BCUT2D eigenvalue weighted by Crippen LogP contribution is -2.06. The molecule has 0 aliphatic rings. The van der Waals surface area contributed by atoms with Crippen molar-refractivity contribution in [3.05, 3.63) is 48.6 Å². The Morgan fingerprint density at radius 1 is 1.31 bits per heavy atom. The number of rotatable bonds is 5. The molecule has 13 heavy (non-hydrogen) atoms. The minimum absolute atomic E-state index is 0.545. The molecule has 0 amide bonds. The molecule has 0 heterocycles. The van der Waals surface area contributed by atoms with E-state index in [1.54, 1.807) is 0 Å². The Morgan fingerprint density at radius 3 is 2.54 bits per heavy atom. The van der Waals surface area contributed by atoms with E-state index in [4.69, 9.17) is 5.73 Å². The Bertz CT molecular complexity index is 241. The van der Waals surface area contributed by atoms with Crippen LogP contribution >= 0.6 is 0 Å². The summed E-state index contributed by atoms with van der Waals surface area (Å²) in [7, 11) is 0. The van der Waals surface area contributed by atoms with E-state index >= 15 is 0 Å². The van der Waals surface area contributed by atoms with Gasteiger partial charge in [0.25, 0.3) is 0 Å². The topological polar surface area (TPSA) is 26.0 Å². The third kappa shape index (κ3) is 3.03. The van der Waals surface area contributed by atoms with Gasteiger partial charge in [0.05, 0.1) is 0 Å². The summed E-state index contributed by atoms with van der Waals surface area (Å²) in [6.45, 7) is 4.51. The number of hydrogen-bond acceptors (Lipinski definition) is 1. The molecule has 1 rings (SSSR count). The molecule has 0 bridgehead atoms. The van der Waals surface area contributed by atoms with E-state index in [0.717, 1.165) is 19.4 Å². The molecule has 1 unspecified atom stereocenters. The second-order valence-electron chi connectivity index (χ2n) is 3.21. The zero-order valence-corrected chi connectivity index (χ0v) is 7.95. The van der Waals surface area contributed by atoms with Crippen molar-refractivity contribution in [1.29, 1.82) is 0 Å². The second-order valence-corrected chi connectivity index (χ2v) is 3.21. The standard InChI is InChI=1S/C12H17N/c1-2-6-11(9-10-13)12-7-4-3-5-8-12/h2-5,7-8,11H,1,6,9-10,13H2. The maximum Gasteiger partial charge on any atom is -0.00713 e. The maximum absolute atomic E-state index is 5.56. The van der Waals surface area contributed by atoms with Gasteiger partial charge in [-0.15, -0.1) is 6.58 Å². The van der Waals surface area contributed by atoms with Gasteiger partial charge >= 0.3 is 0 Å². The highest BCUT2D eigenvalue weighted by Crippen LogP contribution is 2.22. The zero-order valence-electron chi connectivity index (χ0n) is 7.95. The van der Waals surface area contributed by atoms with Crippen molar-refractivity contribution in [2.45, 2.75) is 18.8 Å². The molecule has 0 saturated heterocycles. The van der Waals surface area contributed by atoms with Crippen molar-refractivity contribution in [1.82, 2.24) is 0 Å². The molecule has 1 aromatic carbocycles. The zero-order chi connectivity index (χ0) is 9.52. The normalized spacial score (nSPS) is 12.4. The third-order valence-electron chi connectivity index (χ3n) is 2.24. The van der Waals surface area contributed by atoms with Crippen LogP contribution in [0.25, 0.3) is 0 Å². The van der Waals surface area contributed by atoms with Gasteiger partial charge < -0.3 is 5.73 Å². The summed E-state index contributed by atoms with van der Waals surface area (Å²) in [5.74, 6) is 0.545. The van der Waals surface area contributed by atoms with E-state index in [1.807, 2.05) is 12.1 Å². The van der Waals surface area contributed by atoms with Gasteiger partial charge in [0, 0.05) is 0 Å². The highest BCUT2D eigenvalue weighted by molar-refractivity contribution is 5.20. The Labute approximate surface area is 80.3 Å². The van der Waals surface area contributed by atoms with Crippen LogP contribution in [0.2, 0.25) is 0 Å². The summed E-state index contributed by atoms with van der Waals surface area (Å²) in [6.07, 6.45) is 4.02.